The predicted octanol–water partition coefficient (Wildman–Crippen LogP) is 2.31. The molecule has 6 rings (SSSR count). The largest absolute Gasteiger partial charge is 0.442 e. The highest BCUT2D eigenvalue weighted by Gasteiger charge is 2.33. The molecule has 2 aliphatic heterocycles. The van der Waals surface area contributed by atoms with Crippen molar-refractivity contribution in [2.45, 2.75) is 12.6 Å². The Bertz CT molecular complexity index is 1320. The second-order valence-corrected chi connectivity index (χ2v) is 8.29. The van der Waals surface area contributed by atoms with Crippen molar-refractivity contribution in [3.8, 4) is 0 Å². The van der Waals surface area contributed by atoms with Crippen LogP contribution < -0.4 is 14.7 Å². The van der Waals surface area contributed by atoms with Crippen molar-refractivity contribution >= 4 is 34.2 Å². The molecule has 0 aliphatic carbocycles. The number of amides is 1. The first kappa shape index (κ1) is 20.4. The van der Waals surface area contributed by atoms with Gasteiger partial charge in [0.2, 0.25) is 0 Å². The van der Waals surface area contributed by atoms with Gasteiger partial charge in [0.05, 0.1) is 30.7 Å². The molecule has 34 heavy (non-hydrogen) atoms. The van der Waals surface area contributed by atoms with Crippen molar-refractivity contribution in [2.24, 2.45) is 0 Å². The Hall–Kier alpha value is -4.22. The zero-order valence-corrected chi connectivity index (χ0v) is 18.1. The van der Waals surface area contributed by atoms with Crippen molar-refractivity contribution in [1.82, 2.24) is 25.3 Å². The molecule has 4 aromatic rings. The topological polar surface area (TPSA) is 106 Å². The quantitative estimate of drug-likeness (QED) is 0.440. The minimum absolute atomic E-state index is 0.321. The van der Waals surface area contributed by atoms with Crippen LogP contribution in [0.2, 0.25) is 0 Å². The van der Waals surface area contributed by atoms with Crippen LogP contribution in [0.1, 0.15) is 0 Å². The molecule has 2 saturated heterocycles. The number of ether oxygens (including phenoxy) is 1. The standard InChI is InChI=1S/C22H21FN8O3/c23-18-11-16(31-14-17(33-22(31)32)13-30-6-5-24-27-30)2-4-21(18)29-9-7-28(8-10-29)15-1-3-19-20(12-15)26-34-25-19/h1-6,11-12,17H,7-10,13-14H2/t17-/m0/s1. The van der Waals surface area contributed by atoms with Gasteiger partial charge in [-0.15, -0.1) is 5.10 Å². The highest BCUT2D eigenvalue weighted by atomic mass is 19.1. The molecular weight excluding hydrogens is 443 g/mol. The summed E-state index contributed by atoms with van der Waals surface area (Å²) < 4.78 is 26.9. The van der Waals surface area contributed by atoms with E-state index in [-0.39, 0.29) is 11.9 Å². The smallest absolute Gasteiger partial charge is 0.414 e. The van der Waals surface area contributed by atoms with E-state index in [1.807, 2.05) is 23.1 Å². The molecular formula is C22H21FN8O3. The molecule has 2 aromatic heterocycles. The fourth-order valence-electron chi connectivity index (χ4n) is 4.46. The van der Waals surface area contributed by atoms with Gasteiger partial charge in [0, 0.05) is 38.1 Å². The SMILES string of the molecule is O=C1O[C@@H](Cn2ccnn2)CN1c1ccc(N2CCN(c3ccc4nonc4c3)CC2)c(F)c1. The van der Waals surface area contributed by atoms with Gasteiger partial charge in [0.25, 0.3) is 0 Å². The monoisotopic (exact) mass is 464 g/mol. The summed E-state index contributed by atoms with van der Waals surface area (Å²) in [6.07, 6.45) is 2.39. The lowest BCUT2D eigenvalue weighted by Crippen LogP contribution is -2.46. The first-order valence-corrected chi connectivity index (χ1v) is 11.0. The van der Waals surface area contributed by atoms with Gasteiger partial charge in [-0.2, -0.15) is 0 Å². The Labute approximate surface area is 193 Å². The summed E-state index contributed by atoms with van der Waals surface area (Å²) in [5, 5.41) is 15.4. The van der Waals surface area contributed by atoms with E-state index < -0.39 is 6.09 Å². The number of cyclic esters (lactones) is 1. The van der Waals surface area contributed by atoms with Crippen LogP contribution in [-0.2, 0) is 11.3 Å². The number of hydrogen-bond donors (Lipinski definition) is 0. The number of aromatic nitrogens is 5. The molecule has 1 amide bonds. The number of carbonyl (C=O) groups excluding carboxylic acids is 1. The molecule has 0 bridgehead atoms. The molecule has 0 unspecified atom stereocenters. The molecule has 0 radical (unpaired) electrons. The molecule has 11 nitrogen and oxygen atoms in total. The van der Waals surface area contributed by atoms with Gasteiger partial charge in [-0.1, -0.05) is 5.21 Å². The van der Waals surface area contributed by atoms with Crippen LogP contribution in [-0.4, -0.2) is 70.2 Å². The van der Waals surface area contributed by atoms with Gasteiger partial charge < -0.3 is 14.5 Å². The van der Waals surface area contributed by atoms with E-state index in [9.17, 15) is 4.79 Å². The number of fused-ring (bicyclic) bond motifs is 1. The van der Waals surface area contributed by atoms with Gasteiger partial charge in [0.15, 0.2) is 0 Å². The minimum atomic E-state index is -0.495. The average molecular weight is 464 g/mol. The van der Waals surface area contributed by atoms with Crippen LogP contribution in [0.3, 0.4) is 0 Å². The summed E-state index contributed by atoms with van der Waals surface area (Å²) in [6.45, 7) is 3.52. The van der Waals surface area contributed by atoms with E-state index in [0.717, 1.165) is 24.3 Å². The van der Waals surface area contributed by atoms with E-state index in [1.165, 1.54) is 11.0 Å². The first-order valence-electron chi connectivity index (χ1n) is 11.0. The summed E-state index contributed by atoms with van der Waals surface area (Å²) in [7, 11) is 0. The van der Waals surface area contributed by atoms with E-state index in [1.54, 1.807) is 29.2 Å². The van der Waals surface area contributed by atoms with Crippen LogP contribution in [0, 0.1) is 5.82 Å². The van der Waals surface area contributed by atoms with Gasteiger partial charge in [-0.05, 0) is 46.7 Å². The Morgan fingerprint density at radius 3 is 2.56 bits per heavy atom. The summed E-state index contributed by atoms with van der Waals surface area (Å²) >= 11 is 0. The number of hydrogen-bond acceptors (Lipinski definition) is 9. The zero-order valence-electron chi connectivity index (χ0n) is 18.1. The van der Waals surface area contributed by atoms with E-state index in [4.69, 9.17) is 9.37 Å². The van der Waals surface area contributed by atoms with Gasteiger partial charge in [-0.3, -0.25) is 4.90 Å². The van der Waals surface area contributed by atoms with Gasteiger partial charge >= 0.3 is 6.09 Å². The normalized spacial score (nSPS) is 18.7. The van der Waals surface area contributed by atoms with Crippen LogP contribution in [0.25, 0.3) is 11.0 Å². The maximum Gasteiger partial charge on any atom is 0.414 e. The summed E-state index contributed by atoms with van der Waals surface area (Å²) in [5.41, 5.74) is 3.46. The van der Waals surface area contributed by atoms with Crippen molar-refractivity contribution in [3.63, 3.8) is 0 Å². The maximum absolute atomic E-state index is 15.1. The highest BCUT2D eigenvalue weighted by molar-refractivity contribution is 5.90. The van der Waals surface area contributed by atoms with Crippen LogP contribution in [0.15, 0.2) is 53.4 Å². The lowest BCUT2D eigenvalue weighted by Gasteiger charge is -2.37. The van der Waals surface area contributed by atoms with Gasteiger partial charge in [-0.25, -0.2) is 18.5 Å². The third-order valence-corrected chi connectivity index (χ3v) is 6.20. The molecule has 2 fully saturated rings. The highest BCUT2D eigenvalue weighted by Crippen LogP contribution is 2.30. The molecule has 0 spiro atoms. The second kappa shape index (κ2) is 8.28. The van der Waals surface area contributed by atoms with Crippen molar-refractivity contribution in [2.75, 3.05) is 47.4 Å². The number of piperazine rings is 1. The Balaban J connectivity index is 1.11. The molecule has 0 N–H and O–H groups in total. The molecule has 0 saturated carbocycles. The minimum Gasteiger partial charge on any atom is -0.442 e. The summed E-state index contributed by atoms with van der Waals surface area (Å²) in [4.78, 5) is 18.0. The lowest BCUT2D eigenvalue weighted by molar-refractivity contribution is 0.129. The van der Waals surface area contributed by atoms with Crippen molar-refractivity contribution in [3.05, 3.63) is 54.6 Å². The Kier molecular flexibility index (Phi) is 4.97. The average Bonchev–Trinajstić information content (AvgIpc) is 3.60. The fourth-order valence-corrected chi connectivity index (χ4v) is 4.46. The third kappa shape index (κ3) is 3.76. The summed E-state index contributed by atoms with van der Waals surface area (Å²) in [6, 6.07) is 10.7. The molecule has 1 atom stereocenters. The Morgan fingerprint density at radius 2 is 1.76 bits per heavy atom. The van der Waals surface area contributed by atoms with Gasteiger partial charge in [0.1, 0.15) is 23.0 Å². The molecule has 174 valence electrons. The molecule has 2 aliphatic rings. The fraction of sp³-hybridized carbons (Fsp3) is 0.318. The molecule has 4 heterocycles. The van der Waals surface area contributed by atoms with Crippen molar-refractivity contribution < 1.29 is 18.6 Å². The second-order valence-electron chi connectivity index (χ2n) is 8.29. The predicted molar refractivity (Wildman–Crippen MR) is 120 cm³/mol. The number of rotatable bonds is 5. The first-order chi connectivity index (χ1) is 16.6. The molecule has 2 aromatic carbocycles. The maximum atomic E-state index is 15.1. The lowest BCUT2D eigenvalue weighted by atomic mass is 10.2. The zero-order chi connectivity index (χ0) is 23.1. The van der Waals surface area contributed by atoms with E-state index >= 15 is 4.39 Å². The number of anilines is 3. The van der Waals surface area contributed by atoms with Crippen molar-refractivity contribution in [1.29, 1.82) is 0 Å². The van der Waals surface area contributed by atoms with E-state index in [2.05, 4.69) is 25.5 Å². The number of halogens is 1. The third-order valence-electron chi connectivity index (χ3n) is 6.20. The number of benzene rings is 2. The number of carbonyl (C=O) groups is 1. The number of nitrogens with zero attached hydrogens (tertiary/aromatic N) is 8. The summed E-state index contributed by atoms with van der Waals surface area (Å²) in [5.74, 6) is -0.367. The van der Waals surface area contributed by atoms with Crippen LogP contribution >= 0.6 is 0 Å². The Morgan fingerprint density at radius 1 is 0.971 bits per heavy atom. The van der Waals surface area contributed by atoms with Crippen LogP contribution in [0.5, 0.6) is 0 Å². The van der Waals surface area contributed by atoms with Crippen LogP contribution in [0.4, 0.5) is 26.2 Å². The van der Waals surface area contributed by atoms with E-state index in [0.29, 0.717) is 43.1 Å². The molecule has 12 heteroatoms.